The van der Waals surface area contributed by atoms with Crippen molar-refractivity contribution >= 4 is 10.0 Å². The average Bonchev–Trinajstić information content (AvgIpc) is 2.96. The molecule has 7 heteroatoms. The summed E-state index contributed by atoms with van der Waals surface area (Å²) in [6.07, 6.45) is 1.64. The molecule has 1 aromatic rings. The second kappa shape index (κ2) is 5.60. The van der Waals surface area contributed by atoms with E-state index >= 15 is 0 Å². The first-order chi connectivity index (χ1) is 8.98. The summed E-state index contributed by atoms with van der Waals surface area (Å²) in [6, 6.07) is 0.0265. The van der Waals surface area contributed by atoms with E-state index in [1.54, 1.807) is 18.2 Å². The van der Waals surface area contributed by atoms with Crippen LogP contribution in [0.3, 0.4) is 0 Å². The van der Waals surface area contributed by atoms with Gasteiger partial charge in [-0.2, -0.15) is 4.31 Å². The molecular formula is C12H21N3O3S. The Morgan fingerprint density at radius 3 is 2.68 bits per heavy atom. The van der Waals surface area contributed by atoms with Crippen LogP contribution in [0.1, 0.15) is 31.2 Å². The summed E-state index contributed by atoms with van der Waals surface area (Å²) >= 11 is 0. The van der Waals surface area contributed by atoms with Crippen molar-refractivity contribution in [2.45, 2.75) is 44.6 Å². The Labute approximate surface area is 114 Å². The van der Waals surface area contributed by atoms with Crippen LogP contribution in [0.4, 0.5) is 0 Å². The predicted octanol–water partition coefficient (Wildman–Crippen LogP) is 1.05. The number of nitrogens with zero attached hydrogens (tertiary/aromatic N) is 2. The molecule has 1 atom stereocenters. The van der Waals surface area contributed by atoms with Crippen molar-refractivity contribution in [3.63, 3.8) is 0 Å². The molecule has 108 valence electrons. The lowest BCUT2D eigenvalue weighted by Gasteiger charge is -2.27. The van der Waals surface area contributed by atoms with Crippen molar-refractivity contribution < 1.29 is 12.9 Å². The monoisotopic (exact) mass is 287 g/mol. The van der Waals surface area contributed by atoms with Gasteiger partial charge in [0.25, 0.3) is 0 Å². The van der Waals surface area contributed by atoms with Gasteiger partial charge in [-0.3, -0.25) is 0 Å². The number of rotatable bonds is 5. The first-order valence-corrected chi connectivity index (χ1v) is 8.08. The second-order valence-electron chi connectivity index (χ2n) is 4.92. The largest absolute Gasteiger partial charge is 0.360 e. The summed E-state index contributed by atoms with van der Waals surface area (Å²) in [5.41, 5.74) is 0.435. The smallest absolute Gasteiger partial charge is 0.248 e. The van der Waals surface area contributed by atoms with Crippen LogP contribution in [0.15, 0.2) is 9.42 Å². The Kier molecular flexibility index (Phi) is 4.27. The van der Waals surface area contributed by atoms with E-state index in [-0.39, 0.29) is 10.9 Å². The van der Waals surface area contributed by atoms with Crippen LogP contribution in [0, 0.1) is 13.8 Å². The number of hydrogen-bond acceptors (Lipinski definition) is 5. The lowest BCUT2D eigenvalue weighted by molar-refractivity contribution is 0.333. The lowest BCUT2D eigenvalue weighted by atomic mass is 10.2. The highest BCUT2D eigenvalue weighted by Gasteiger charge is 2.36. The third kappa shape index (κ3) is 2.68. The molecule has 0 aromatic carbocycles. The maximum absolute atomic E-state index is 12.8. The van der Waals surface area contributed by atoms with Crippen molar-refractivity contribution in [1.82, 2.24) is 14.8 Å². The van der Waals surface area contributed by atoms with Gasteiger partial charge < -0.3 is 9.84 Å². The van der Waals surface area contributed by atoms with Gasteiger partial charge in [0, 0.05) is 19.1 Å². The van der Waals surface area contributed by atoms with Gasteiger partial charge in [-0.1, -0.05) is 12.1 Å². The number of sulfonamides is 1. The molecule has 0 unspecified atom stereocenters. The molecule has 19 heavy (non-hydrogen) atoms. The SMILES string of the molecule is CCCN([C@H]1CCNC1)S(=O)(=O)c1c(C)noc1C. The Bertz CT molecular complexity index is 513. The van der Waals surface area contributed by atoms with Gasteiger partial charge in [-0.05, 0) is 33.2 Å². The highest BCUT2D eigenvalue weighted by atomic mass is 32.2. The van der Waals surface area contributed by atoms with E-state index in [9.17, 15) is 8.42 Å². The van der Waals surface area contributed by atoms with E-state index in [4.69, 9.17) is 4.52 Å². The molecule has 1 saturated heterocycles. The van der Waals surface area contributed by atoms with E-state index in [2.05, 4.69) is 10.5 Å². The zero-order valence-electron chi connectivity index (χ0n) is 11.6. The molecule has 2 heterocycles. The van der Waals surface area contributed by atoms with Gasteiger partial charge in [-0.25, -0.2) is 8.42 Å². The normalized spacial score (nSPS) is 20.3. The van der Waals surface area contributed by atoms with Crippen LogP contribution in [-0.2, 0) is 10.0 Å². The first kappa shape index (κ1) is 14.5. The molecule has 6 nitrogen and oxygen atoms in total. The topological polar surface area (TPSA) is 75.4 Å². The number of hydrogen-bond donors (Lipinski definition) is 1. The van der Waals surface area contributed by atoms with Gasteiger partial charge in [0.05, 0.1) is 0 Å². The fourth-order valence-corrected chi connectivity index (χ4v) is 4.61. The van der Waals surface area contributed by atoms with E-state index in [1.807, 2.05) is 6.92 Å². The predicted molar refractivity (Wildman–Crippen MR) is 71.4 cm³/mol. The van der Waals surface area contributed by atoms with Gasteiger partial charge in [0.1, 0.15) is 10.6 Å². The highest BCUT2D eigenvalue weighted by molar-refractivity contribution is 7.89. The molecule has 0 radical (unpaired) electrons. The Hall–Kier alpha value is -0.920. The van der Waals surface area contributed by atoms with Gasteiger partial charge in [-0.15, -0.1) is 0 Å². The molecule has 1 aromatic heterocycles. The van der Waals surface area contributed by atoms with Crippen molar-refractivity contribution in [3.8, 4) is 0 Å². The first-order valence-electron chi connectivity index (χ1n) is 6.64. The summed E-state index contributed by atoms with van der Waals surface area (Å²) in [7, 11) is -3.53. The molecule has 1 fully saturated rings. The van der Waals surface area contributed by atoms with E-state index in [1.165, 1.54) is 0 Å². The summed E-state index contributed by atoms with van der Waals surface area (Å²) in [6.45, 7) is 7.39. The zero-order valence-corrected chi connectivity index (χ0v) is 12.5. The highest BCUT2D eigenvalue weighted by Crippen LogP contribution is 2.26. The summed E-state index contributed by atoms with van der Waals surface area (Å²) in [4.78, 5) is 0.229. The number of nitrogens with one attached hydrogen (secondary N) is 1. The van der Waals surface area contributed by atoms with Crippen LogP contribution >= 0.6 is 0 Å². The van der Waals surface area contributed by atoms with Crippen LogP contribution in [0.25, 0.3) is 0 Å². The molecular weight excluding hydrogens is 266 g/mol. The maximum atomic E-state index is 12.8. The van der Waals surface area contributed by atoms with Crippen LogP contribution < -0.4 is 5.32 Å². The van der Waals surface area contributed by atoms with Gasteiger partial charge in [0.15, 0.2) is 5.76 Å². The van der Waals surface area contributed by atoms with E-state index < -0.39 is 10.0 Å². The van der Waals surface area contributed by atoms with E-state index in [0.29, 0.717) is 24.5 Å². The summed E-state index contributed by atoms with van der Waals surface area (Å²) in [5.74, 6) is 0.365. The minimum absolute atomic E-state index is 0.0265. The Balaban J connectivity index is 2.39. The standard InChI is InChI=1S/C12H21N3O3S/c1-4-7-15(11-5-6-13-8-11)19(16,17)12-9(2)14-18-10(12)3/h11,13H,4-8H2,1-3H3/t11-/m0/s1. The van der Waals surface area contributed by atoms with Crippen molar-refractivity contribution in [1.29, 1.82) is 0 Å². The molecule has 1 N–H and O–H groups in total. The Morgan fingerprint density at radius 1 is 1.47 bits per heavy atom. The van der Waals surface area contributed by atoms with Crippen molar-refractivity contribution in [2.75, 3.05) is 19.6 Å². The fraction of sp³-hybridized carbons (Fsp3) is 0.750. The molecule has 0 amide bonds. The molecule has 1 aliphatic rings. The van der Waals surface area contributed by atoms with Crippen LogP contribution in [0.5, 0.6) is 0 Å². The number of aromatic nitrogens is 1. The maximum Gasteiger partial charge on any atom is 0.248 e. The zero-order chi connectivity index (χ0) is 14.0. The molecule has 0 spiro atoms. The van der Waals surface area contributed by atoms with Gasteiger partial charge in [0.2, 0.25) is 10.0 Å². The molecule has 0 bridgehead atoms. The summed E-state index contributed by atoms with van der Waals surface area (Å²) < 4.78 is 32.2. The quantitative estimate of drug-likeness (QED) is 0.876. The molecule has 1 aliphatic heterocycles. The molecule has 2 rings (SSSR count). The van der Waals surface area contributed by atoms with Gasteiger partial charge >= 0.3 is 0 Å². The third-order valence-corrected chi connectivity index (χ3v) is 5.62. The fourth-order valence-electron chi connectivity index (χ4n) is 2.56. The average molecular weight is 287 g/mol. The molecule has 0 aliphatic carbocycles. The second-order valence-corrected chi connectivity index (χ2v) is 6.74. The van der Waals surface area contributed by atoms with Crippen molar-refractivity contribution in [2.24, 2.45) is 0 Å². The minimum Gasteiger partial charge on any atom is -0.360 e. The summed E-state index contributed by atoms with van der Waals surface area (Å²) in [5, 5.41) is 6.97. The van der Waals surface area contributed by atoms with E-state index in [0.717, 1.165) is 19.4 Å². The number of aryl methyl sites for hydroxylation is 2. The third-order valence-electron chi connectivity index (χ3n) is 3.42. The lowest BCUT2D eigenvalue weighted by Crippen LogP contribution is -2.42. The Morgan fingerprint density at radius 2 is 2.21 bits per heavy atom. The minimum atomic E-state index is -3.53. The van der Waals surface area contributed by atoms with Crippen LogP contribution in [-0.4, -0.2) is 43.6 Å². The van der Waals surface area contributed by atoms with Crippen LogP contribution in [0.2, 0.25) is 0 Å². The van der Waals surface area contributed by atoms with Crippen molar-refractivity contribution in [3.05, 3.63) is 11.5 Å². The molecule has 0 saturated carbocycles.